The first kappa shape index (κ1) is 17.9. The first-order valence-electron chi connectivity index (χ1n) is 8.89. The van der Waals surface area contributed by atoms with Crippen LogP contribution in [0.25, 0.3) is 5.69 Å². The molecule has 3 aromatic rings. The number of aryl methyl sites for hydroxylation is 3. The summed E-state index contributed by atoms with van der Waals surface area (Å²) in [4.78, 5) is 14.4. The maximum Gasteiger partial charge on any atom is 0.281 e. The molecule has 2 heterocycles. The van der Waals surface area contributed by atoms with Gasteiger partial charge in [0.05, 0.1) is 28.0 Å². The predicted molar refractivity (Wildman–Crippen MR) is 109 cm³/mol. The number of amides is 1. The van der Waals surface area contributed by atoms with Gasteiger partial charge in [0.1, 0.15) is 5.15 Å². The van der Waals surface area contributed by atoms with Crippen LogP contribution in [0.2, 0.25) is 5.15 Å². The fraction of sp³-hybridized carbons (Fsp3) is 0.250. The molecule has 0 bridgehead atoms. The number of carbonyl (C=O) groups excluding carboxylic acids is 1. The lowest BCUT2D eigenvalue weighted by atomic mass is 9.99. The van der Waals surface area contributed by atoms with Crippen LogP contribution in [0, 0.1) is 6.92 Å². The van der Waals surface area contributed by atoms with Gasteiger partial charge in [-0.05, 0) is 56.4 Å². The highest BCUT2D eigenvalue weighted by atomic mass is 35.5. The van der Waals surface area contributed by atoms with Gasteiger partial charge in [-0.2, -0.15) is 10.2 Å². The lowest BCUT2D eigenvalue weighted by Gasteiger charge is -2.08. The molecule has 4 rings (SSSR count). The van der Waals surface area contributed by atoms with E-state index in [4.69, 9.17) is 11.6 Å². The van der Waals surface area contributed by atoms with E-state index in [1.54, 1.807) is 22.2 Å². The van der Waals surface area contributed by atoms with Crippen LogP contribution < -0.4 is 5.43 Å². The van der Waals surface area contributed by atoms with E-state index < -0.39 is 0 Å². The first-order valence-corrected chi connectivity index (χ1v) is 10.1. The Morgan fingerprint density at radius 1 is 1.30 bits per heavy atom. The number of nitrogens with zero attached hydrogens (tertiary/aromatic N) is 3. The van der Waals surface area contributed by atoms with E-state index in [0.29, 0.717) is 15.6 Å². The van der Waals surface area contributed by atoms with Crippen LogP contribution in [-0.4, -0.2) is 21.9 Å². The summed E-state index contributed by atoms with van der Waals surface area (Å²) < 4.78 is 1.66. The molecule has 1 N–H and O–H groups in total. The lowest BCUT2D eigenvalue weighted by Crippen LogP contribution is -2.16. The number of hydrazone groups is 1. The second-order valence-corrected chi connectivity index (χ2v) is 8.00. The Morgan fingerprint density at radius 2 is 2.07 bits per heavy atom. The van der Waals surface area contributed by atoms with Gasteiger partial charge >= 0.3 is 0 Å². The minimum Gasteiger partial charge on any atom is -0.266 e. The summed E-state index contributed by atoms with van der Waals surface area (Å²) in [6.07, 6.45) is 6.09. The quantitative estimate of drug-likeness (QED) is 0.518. The van der Waals surface area contributed by atoms with Gasteiger partial charge in [-0.1, -0.05) is 29.8 Å². The van der Waals surface area contributed by atoms with E-state index in [1.165, 1.54) is 23.3 Å². The monoisotopic (exact) mass is 398 g/mol. The van der Waals surface area contributed by atoms with E-state index in [9.17, 15) is 4.79 Å². The zero-order chi connectivity index (χ0) is 18.8. The highest BCUT2D eigenvalue weighted by Crippen LogP contribution is 2.29. The largest absolute Gasteiger partial charge is 0.281 e. The molecule has 2 aromatic heterocycles. The Hall–Kier alpha value is -2.44. The number of para-hydroxylation sites is 1. The number of thiophene rings is 1. The Balaban J connectivity index is 1.49. The summed E-state index contributed by atoms with van der Waals surface area (Å²) >= 11 is 8.03. The van der Waals surface area contributed by atoms with E-state index in [1.807, 2.05) is 43.3 Å². The van der Waals surface area contributed by atoms with Crippen molar-refractivity contribution in [3.05, 3.63) is 68.1 Å². The normalized spacial score (nSPS) is 13.7. The molecule has 0 spiro atoms. The Kier molecular flexibility index (Phi) is 5.09. The van der Waals surface area contributed by atoms with Gasteiger partial charge < -0.3 is 0 Å². The van der Waals surface area contributed by atoms with Crippen LogP contribution in [0.15, 0.2) is 41.5 Å². The average molecular weight is 399 g/mol. The summed E-state index contributed by atoms with van der Waals surface area (Å²) in [5.41, 5.74) is 6.22. The van der Waals surface area contributed by atoms with Gasteiger partial charge in [0.15, 0.2) is 0 Å². The lowest BCUT2D eigenvalue weighted by molar-refractivity contribution is 0.0959. The van der Waals surface area contributed by atoms with E-state index >= 15 is 0 Å². The number of benzene rings is 1. The Bertz CT molecular complexity index is 983. The van der Waals surface area contributed by atoms with E-state index in [0.717, 1.165) is 24.2 Å². The number of nitrogens with one attached hydrogen (secondary N) is 1. The summed E-state index contributed by atoms with van der Waals surface area (Å²) in [6, 6.07) is 11.7. The molecule has 138 valence electrons. The summed E-state index contributed by atoms with van der Waals surface area (Å²) in [5, 5.41) is 9.02. The molecule has 1 aliphatic rings. The third kappa shape index (κ3) is 3.68. The van der Waals surface area contributed by atoms with E-state index in [2.05, 4.69) is 15.6 Å². The summed E-state index contributed by atoms with van der Waals surface area (Å²) in [5.74, 6) is -0.185. The van der Waals surface area contributed by atoms with Crippen LogP contribution in [-0.2, 0) is 12.8 Å². The van der Waals surface area contributed by atoms with Crippen molar-refractivity contribution in [3.63, 3.8) is 0 Å². The molecular weight excluding hydrogens is 380 g/mol. The molecule has 27 heavy (non-hydrogen) atoms. The maximum atomic E-state index is 12.4. The van der Waals surface area contributed by atoms with Crippen LogP contribution in [0.1, 0.15) is 44.2 Å². The number of aromatic nitrogens is 2. The van der Waals surface area contributed by atoms with Crippen LogP contribution in [0.5, 0.6) is 0 Å². The molecule has 5 nitrogen and oxygen atoms in total. The zero-order valence-electron chi connectivity index (χ0n) is 14.9. The third-order valence-corrected chi connectivity index (χ3v) is 6.23. The predicted octanol–water partition coefficient (Wildman–Crippen LogP) is 4.54. The fourth-order valence-electron chi connectivity index (χ4n) is 3.21. The van der Waals surface area contributed by atoms with Crippen molar-refractivity contribution < 1.29 is 4.79 Å². The number of halogens is 1. The SMILES string of the molecule is Cc1nn(-c2ccccc2)c(Cl)c1C=NNC(=O)c1cc2c(s1)CCCC2. The highest BCUT2D eigenvalue weighted by Gasteiger charge is 2.17. The highest BCUT2D eigenvalue weighted by molar-refractivity contribution is 7.14. The standard InChI is InChI=1S/C20H19ClN4OS/c1-13-16(19(21)25(24-13)15-8-3-2-4-9-15)12-22-23-20(26)18-11-14-7-5-6-10-17(14)27-18/h2-4,8-9,11-12H,5-7,10H2,1H3,(H,23,26). The molecule has 7 heteroatoms. The molecule has 0 radical (unpaired) electrons. The Morgan fingerprint density at radius 3 is 2.85 bits per heavy atom. The van der Waals surface area contributed by atoms with Crippen molar-refractivity contribution in [2.24, 2.45) is 5.10 Å². The second-order valence-electron chi connectivity index (χ2n) is 6.50. The van der Waals surface area contributed by atoms with Crippen molar-refractivity contribution >= 4 is 35.1 Å². The van der Waals surface area contributed by atoms with Crippen molar-refractivity contribution in [2.75, 3.05) is 0 Å². The van der Waals surface area contributed by atoms with Gasteiger partial charge in [0.2, 0.25) is 0 Å². The van der Waals surface area contributed by atoms with Crippen molar-refractivity contribution in [1.29, 1.82) is 0 Å². The van der Waals surface area contributed by atoms with Gasteiger partial charge in [-0.3, -0.25) is 4.79 Å². The minimum atomic E-state index is -0.185. The molecule has 0 saturated carbocycles. The number of rotatable bonds is 4. The van der Waals surface area contributed by atoms with Crippen LogP contribution in [0.3, 0.4) is 0 Å². The van der Waals surface area contributed by atoms with Crippen molar-refractivity contribution in [3.8, 4) is 5.69 Å². The van der Waals surface area contributed by atoms with Gasteiger partial charge in [0, 0.05) is 4.88 Å². The van der Waals surface area contributed by atoms with Gasteiger partial charge in [0.25, 0.3) is 5.91 Å². The fourth-order valence-corrected chi connectivity index (χ4v) is 4.68. The number of hydrogen-bond acceptors (Lipinski definition) is 4. The molecule has 1 aromatic carbocycles. The molecule has 0 fully saturated rings. The molecule has 0 atom stereocenters. The first-order chi connectivity index (χ1) is 13.1. The van der Waals surface area contributed by atoms with Gasteiger partial charge in [-0.15, -0.1) is 11.3 Å². The second kappa shape index (κ2) is 7.66. The van der Waals surface area contributed by atoms with Crippen molar-refractivity contribution in [1.82, 2.24) is 15.2 Å². The van der Waals surface area contributed by atoms with E-state index in [-0.39, 0.29) is 5.91 Å². The Labute approximate surface area is 166 Å². The van der Waals surface area contributed by atoms with Crippen molar-refractivity contribution in [2.45, 2.75) is 32.6 Å². The van der Waals surface area contributed by atoms with Crippen LogP contribution >= 0.6 is 22.9 Å². The summed E-state index contributed by atoms with van der Waals surface area (Å²) in [7, 11) is 0. The topological polar surface area (TPSA) is 59.3 Å². The molecule has 0 saturated heterocycles. The zero-order valence-corrected chi connectivity index (χ0v) is 16.5. The number of carbonyl (C=O) groups is 1. The molecule has 0 aliphatic heterocycles. The molecule has 1 aliphatic carbocycles. The van der Waals surface area contributed by atoms with Crippen LogP contribution in [0.4, 0.5) is 0 Å². The smallest absolute Gasteiger partial charge is 0.266 e. The third-order valence-electron chi connectivity index (χ3n) is 4.63. The number of fused-ring (bicyclic) bond motifs is 1. The summed E-state index contributed by atoms with van der Waals surface area (Å²) in [6.45, 7) is 1.86. The maximum absolute atomic E-state index is 12.4. The minimum absolute atomic E-state index is 0.185. The number of hydrogen-bond donors (Lipinski definition) is 1. The molecule has 1 amide bonds. The molecular formula is C20H19ClN4OS. The average Bonchev–Trinajstić information content (AvgIpc) is 3.24. The van der Waals surface area contributed by atoms with Gasteiger partial charge in [-0.25, -0.2) is 10.1 Å². The molecule has 0 unspecified atom stereocenters.